The molecule has 0 aromatic carbocycles. The Balaban J connectivity index is 2.49. The maximum absolute atomic E-state index is 11.6. The zero-order chi connectivity index (χ0) is 14.3. The molecule has 0 radical (unpaired) electrons. The van der Waals surface area contributed by atoms with Gasteiger partial charge in [-0.2, -0.15) is 0 Å². The Kier molecular flexibility index (Phi) is 6.04. The zero-order valence-electron chi connectivity index (χ0n) is 11.7. The molecule has 0 aliphatic heterocycles. The Labute approximate surface area is 115 Å². The molecule has 0 saturated carbocycles. The van der Waals surface area contributed by atoms with E-state index in [1.165, 1.54) is 18.4 Å². The zero-order valence-corrected chi connectivity index (χ0v) is 12.5. The van der Waals surface area contributed by atoms with Crippen LogP contribution in [0.4, 0.5) is 11.5 Å². The largest absolute Gasteiger partial charge is 0.384 e. The molecule has 2 N–H and O–H groups in total. The van der Waals surface area contributed by atoms with Crippen molar-refractivity contribution in [2.45, 2.75) is 13.3 Å². The van der Waals surface area contributed by atoms with Crippen molar-refractivity contribution < 1.29 is 8.42 Å². The van der Waals surface area contributed by atoms with Crippen molar-refractivity contribution in [3.8, 4) is 0 Å². The van der Waals surface area contributed by atoms with Gasteiger partial charge in [-0.05, 0) is 12.5 Å². The molecule has 0 fully saturated rings. The number of sulfonamides is 1. The van der Waals surface area contributed by atoms with Crippen molar-refractivity contribution >= 4 is 21.5 Å². The lowest BCUT2D eigenvalue weighted by atomic mass is 10.3. The van der Waals surface area contributed by atoms with Crippen LogP contribution in [0.1, 0.15) is 13.3 Å². The minimum absolute atomic E-state index is 0.0695. The number of anilines is 2. The second-order valence-corrected chi connectivity index (χ2v) is 6.68. The molecular formula is C12H22N4O2S. The van der Waals surface area contributed by atoms with Gasteiger partial charge in [-0.1, -0.05) is 6.92 Å². The lowest BCUT2D eigenvalue weighted by molar-refractivity contribution is 0.521. The standard InChI is InChI=1S/C12H22N4O2S/c1-4-6-14-12-10-11(5-7-15-12)13-8-9-19(17,18)16(2)3/h5,7,10H,4,6,8-9H2,1-3H3,(H2,13,14,15). The van der Waals surface area contributed by atoms with E-state index in [4.69, 9.17) is 0 Å². The summed E-state index contributed by atoms with van der Waals surface area (Å²) in [6.07, 6.45) is 2.72. The molecule has 7 heteroatoms. The average Bonchev–Trinajstić information content (AvgIpc) is 2.36. The Morgan fingerprint density at radius 3 is 2.63 bits per heavy atom. The quantitative estimate of drug-likeness (QED) is 0.751. The average molecular weight is 286 g/mol. The van der Waals surface area contributed by atoms with E-state index in [0.717, 1.165) is 24.5 Å². The van der Waals surface area contributed by atoms with Crippen molar-refractivity contribution in [1.82, 2.24) is 9.29 Å². The number of pyridine rings is 1. The van der Waals surface area contributed by atoms with E-state index in [1.807, 2.05) is 12.1 Å². The molecule has 0 bridgehead atoms. The molecule has 6 nitrogen and oxygen atoms in total. The highest BCUT2D eigenvalue weighted by molar-refractivity contribution is 7.89. The predicted molar refractivity (Wildman–Crippen MR) is 79.0 cm³/mol. The molecule has 0 atom stereocenters. The number of rotatable bonds is 8. The van der Waals surface area contributed by atoms with Crippen molar-refractivity contribution in [1.29, 1.82) is 0 Å². The molecule has 0 spiro atoms. The van der Waals surface area contributed by atoms with Gasteiger partial charge in [0.2, 0.25) is 10.0 Å². The first kappa shape index (κ1) is 15.7. The third-order valence-corrected chi connectivity index (χ3v) is 4.39. The van der Waals surface area contributed by atoms with Crippen LogP contribution >= 0.6 is 0 Å². The van der Waals surface area contributed by atoms with Gasteiger partial charge in [0.15, 0.2) is 0 Å². The van der Waals surface area contributed by atoms with Crippen LogP contribution < -0.4 is 10.6 Å². The highest BCUT2D eigenvalue weighted by Crippen LogP contribution is 2.11. The van der Waals surface area contributed by atoms with Gasteiger partial charge < -0.3 is 10.6 Å². The number of nitrogens with zero attached hydrogens (tertiary/aromatic N) is 2. The maximum Gasteiger partial charge on any atom is 0.215 e. The van der Waals surface area contributed by atoms with Crippen LogP contribution in [0.3, 0.4) is 0 Å². The van der Waals surface area contributed by atoms with E-state index in [0.29, 0.717) is 6.54 Å². The van der Waals surface area contributed by atoms with Gasteiger partial charge in [0.05, 0.1) is 5.75 Å². The van der Waals surface area contributed by atoms with E-state index < -0.39 is 10.0 Å². The number of nitrogens with one attached hydrogen (secondary N) is 2. The second kappa shape index (κ2) is 7.30. The second-order valence-electron chi connectivity index (χ2n) is 4.38. The predicted octanol–water partition coefficient (Wildman–Crippen LogP) is 1.21. The van der Waals surface area contributed by atoms with Gasteiger partial charge >= 0.3 is 0 Å². The fourth-order valence-electron chi connectivity index (χ4n) is 1.40. The maximum atomic E-state index is 11.6. The first-order valence-corrected chi connectivity index (χ1v) is 7.90. The fraction of sp³-hybridized carbons (Fsp3) is 0.583. The summed E-state index contributed by atoms with van der Waals surface area (Å²) in [5.74, 6) is 0.863. The first-order chi connectivity index (χ1) is 8.95. The van der Waals surface area contributed by atoms with Gasteiger partial charge in [0, 0.05) is 45.1 Å². The third-order valence-electron chi connectivity index (χ3n) is 2.56. The van der Waals surface area contributed by atoms with Crippen molar-refractivity contribution in [3.05, 3.63) is 18.3 Å². The van der Waals surface area contributed by atoms with Crippen LogP contribution in [0, 0.1) is 0 Å². The van der Waals surface area contributed by atoms with Crippen molar-refractivity contribution in [3.63, 3.8) is 0 Å². The molecule has 1 aromatic rings. The number of hydrogen-bond donors (Lipinski definition) is 2. The molecule has 108 valence electrons. The van der Waals surface area contributed by atoms with Crippen molar-refractivity contribution in [2.24, 2.45) is 0 Å². The van der Waals surface area contributed by atoms with Crippen LogP contribution in [0.25, 0.3) is 0 Å². The van der Waals surface area contributed by atoms with Crippen LogP contribution in [0.5, 0.6) is 0 Å². The van der Waals surface area contributed by atoms with E-state index >= 15 is 0 Å². The number of hydrogen-bond acceptors (Lipinski definition) is 5. The summed E-state index contributed by atoms with van der Waals surface area (Å²) in [5.41, 5.74) is 0.863. The molecule has 19 heavy (non-hydrogen) atoms. The van der Waals surface area contributed by atoms with Crippen LogP contribution in [0.2, 0.25) is 0 Å². The van der Waals surface area contributed by atoms with Crippen LogP contribution in [-0.2, 0) is 10.0 Å². The molecule has 1 aromatic heterocycles. The molecule has 0 aliphatic rings. The third kappa shape index (κ3) is 5.44. The van der Waals surface area contributed by atoms with E-state index in [2.05, 4.69) is 22.5 Å². The molecule has 1 rings (SSSR count). The minimum Gasteiger partial charge on any atom is -0.384 e. The minimum atomic E-state index is -3.15. The highest BCUT2D eigenvalue weighted by Gasteiger charge is 2.12. The van der Waals surface area contributed by atoms with Gasteiger partial charge in [-0.25, -0.2) is 17.7 Å². The fourth-order valence-corrected chi connectivity index (χ4v) is 2.12. The lowest BCUT2D eigenvalue weighted by Gasteiger charge is -2.12. The molecule has 0 unspecified atom stereocenters. The summed E-state index contributed by atoms with van der Waals surface area (Å²) < 4.78 is 24.4. The monoisotopic (exact) mass is 286 g/mol. The molecular weight excluding hydrogens is 264 g/mol. The topological polar surface area (TPSA) is 74.3 Å². The number of aromatic nitrogens is 1. The van der Waals surface area contributed by atoms with E-state index in [9.17, 15) is 8.42 Å². The van der Waals surface area contributed by atoms with Crippen LogP contribution in [0.15, 0.2) is 18.3 Å². The van der Waals surface area contributed by atoms with E-state index in [1.54, 1.807) is 6.20 Å². The summed E-state index contributed by atoms with van der Waals surface area (Å²) in [6, 6.07) is 3.69. The SMILES string of the molecule is CCCNc1cc(NCCS(=O)(=O)N(C)C)ccn1. The van der Waals surface area contributed by atoms with Gasteiger partial charge in [-0.3, -0.25) is 0 Å². The van der Waals surface area contributed by atoms with Crippen LogP contribution in [-0.4, -0.2) is 50.6 Å². The lowest BCUT2D eigenvalue weighted by Crippen LogP contribution is -2.28. The summed E-state index contributed by atoms with van der Waals surface area (Å²) in [4.78, 5) is 4.18. The summed E-state index contributed by atoms with van der Waals surface area (Å²) in [5, 5.41) is 6.27. The summed E-state index contributed by atoms with van der Waals surface area (Å²) in [6.45, 7) is 3.32. The van der Waals surface area contributed by atoms with Gasteiger partial charge in [0.1, 0.15) is 5.82 Å². The molecule has 0 amide bonds. The van der Waals surface area contributed by atoms with Gasteiger partial charge in [0.25, 0.3) is 0 Å². The molecule has 0 saturated heterocycles. The molecule has 0 aliphatic carbocycles. The smallest absolute Gasteiger partial charge is 0.215 e. The van der Waals surface area contributed by atoms with Crippen molar-refractivity contribution in [2.75, 3.05) is 43.6 Å². The Bertz CT molecular complexity index is 488. The molecule has 1 heterocycles. The van der Waals surface area contributed by atoms with Gasteiger partial charge in [-0.15, -0.1) is 0 Å². The highest BCUT2D eigenvalue weighted by atomic mass is 32.2. The first-order valence-electron chi connectivity index (χ1n) is 6.29. The summed E-state index contributed by atoms with van der Waals surface area (Å²) in [7, 11) is -0.0806. The Hall–Kier alpha value is -1.34. The van der Waals surface area contributed by atoms with E-state index in [-0.39, 0.29) is 5.75 Å². The summed E-state index contributed by atoms with van der Waals surface area (Å²) >= 11 is 0. The normalized spacial score (nSPS) is 11.6. The Morgan fingerprint density at radius 2 is 2.00 bits per heavy atom. The Morgan fingerprint density at radius 1 is 1.26 bits per heavy atom.